The lowest BCUT2D eigenvalue weighted by Crippen LogP contribution is -2.47. The SMILES string of the molecule is O=C(Nc1ccc(CNC(=O)N2CCC(F)(F)CC2)cc1)OCc1ccc(Cl)cc1. The molecule has 3 amide bonds. The summed E-state index contributed by atoms with van der Waals surface area (Å²) in [6.45, 7) is 0.461. The lowest BCUT2D eigenvalue weighted by Gasteiger charge is -2.31. The number of rotatable bonds is 5. The van der Waals surface area contributed by atoms with Crippen molar-refractivity contribution in [1.29, 1.82) is 0 Å². The van der Waals surface area contributed by atoms with E-state index in [1.807, 2.05) is 0 Å². The van der Waals surface area contributed by atoms with Crippen molar-refractivity contribution in [2.45, 2.75) is 31.9 Å². The number of alkyl halides is 2. The van der Waals surface area contributed by atoms with Gasteiger partial charge in [-0.1, -0.05) is 35.9 Å². The van der Waals surface area contributed by atoms with Gasteiger partial charge in [0.1, 0.15) is 6.61 Å². The van der Waals surface area contributed by atoms with Crippen LogP contribution in [0.4, 0.5) is 24.1 Å². The third kappa shape index (κ3) is 6.59. The van der Waals surface area contributed by atoms with Gasteiger partial charge in [0.2, 0.25) is 0 Å². The van der Waals surface area contributed by atoms with Gasteiger partial charge in [-0.2, -0.15) is 0 Å². The number of anilines is 1. The maximum atomic E-state index is 13.2. The number of likely N-dealkylation sites (tertiary alicyclic amines) is 1. The molecule has 30 heavy (non-hydrogen) atoms. The number of nitrogens with one attached hydrogen (secondary N) is 2. The van der Waals surface area contributed by atoms with E-state index in [0.717, 1.165) is 11.1 Å². The fraction of sp³-hybridized carbons (Fsp3) is 0.333. The largest absolute Gasteiger partial charge is 0.444 e. The van der Waals surface area contributed by atoms with Crippen molar-refractivity contribution in [2.75, 3.05) is 18.4 Å². The van der Waals surface area contributed by atoms with Gasteiger partial charge in [-0.25, -0.2) is 18.4 Å². The third-order valence-electron chi connectivity index (χ3n) is 4.71. The fourth-order valence-corrected chi connectivity index (χ4v) is 3.04. The van der Waals surface area contributed by atoms with Crippen molar-refractivity contribution in [2.24, 2.45) is 0 Å². The van der Waals surface area contributed by atoms with Crippen LogP contribution in [0.15, 0.2) is 48.5 Å². The second-order valence-corrected chi connectivity index (χ2v) is 7.46. The lowest BCUT2D eigenvalue weighted by atomic mass is 10.1. The van der Waals surface area contributed by atoms with Crippen molar-refractivity contribution in [3.8, 4) is 0 Å². The summed E-state index contributed by atoms with van der Waals surface area (Å²) in [5.74, 6) is -2.68. The number of hydrogen-bond acceptors (Lipinski definition) is 3. The molecule has 0 radical (unpaired) electrons. The summed E-state index contributed by atoms with van der Waals surface area (Å²) in [5, 5.41) is 5.95. The minimum atomic E-state index is -2.68. The summed E-state index contributed by atoms with van der Waals surface area (Å²) < 4.78 is 31.5. The van der Waals surface area contributed by atoms with E-state index in [4.69, 9.17) is 16.3 Å². The molecule has 9 heteroatoms. The van der Waals surface area contributed by atoms with Crippen molar-refractivity contribution >= 4 is 29.4 Å². The molecular formula is C21H22ClF2N3O3. The average Bonchev–Trinajstić information content (AvgIpc) is 2.72. The molecule has 1 heterocycles. The first-order valence-electron chi connectivity index (χ1n) is 9.48. The summed E-state index contributed by atoms with van der Waals surface area (Å²) in [6, 6.07) is 13.5. The highest BCUT2D eigenvalue weighted by Gasteiger charge is 2.35. The first kappa shape index (κ1) is 21.8. The van der Waals surface area contributed by atoms with E-state index in [1.54, 1.807) is 48.5 Å². The molecule has 0 bridgehead atoms. The van der Waals surface area contributed by atoms with Gasteiger partial charge >= 0.3 is 12.1 Å². The number of piperidine rings is 1. The lowest BCUT2D eigenvalue weighted by molar-refractivity contribution is -0.0469. The monoisotopic (exact) mass is 437 g/mol. The number of amides is 3. The van der Waals surface area contributed by atoms with Crippen LogP contribution in [0.2, 0.25) is 5.02 Å². The summed E-state index contributed by atoms with van der Waals surface area (Å²) in [7, 11) is 0. The standard InChI is InChI=1S/C21H22ClF2N3O3/c22-17-5-1-16(2-6-17)14-30-20(29)26-18-7-3-15(4-8-18)13-25-19(28)27-11-9-21(23,24)10-12-27/h1-8H,9-14H2,(H,25,28)(H,26,29). The van der Waals surface area contributed by atoms with Gasteiger partial charge < -0.3 is 15.0 Å². The van der Waals surface area contributed by atoms with E-state index < -0.39 is 12.0 Å². The smallest absolute Gasteiger partial charge is 0.411 e. The number of halogens is 3. The van der Waals surface area contributed by atoms with E-state index in [-0.39, 0.29) is 45.1 Å². The molecule has 6 nitrogen and oxygen atoms in total. The van der Waals surface area contributed by atoms with Gasteiger partial charge in [-0.05, 0) is 35.4 Å². The summed E-state index contributed by atoms with van der Waals surface area (Å²) >= 11 is 5.81. The molecule has 0 spiro atoms. The number of urea groups is 1. The molecule has 0 atom stereocenters. The number of ether oxygens (including phenoxy) is 1. The van der Waals surface area contributed by atoms with Gasteiger partial charge in [0.15, 0.2) is 0 Å². The van der Waals surface area contributed by atoms with Crippen LogP contribution in [0.5, 0.6) is 0 Å². The average molecular weight is 438 g/mol. The van der Waals surface area contributed by atoms with Crippen LogP contribution in [0.3, 0.4) is 0 Å². The van der Waals surface area contributed by atoms with Crippen LogP contribution in [0.25, 0.3) is 0 Å². The fourth-order valence-electron chi connectivity index (χ4n) is 2.92. The molecule has 1 aliphatic heterocycles. The molecule has 0 aromatic heterocycles. The molecule has 0 aliphatic carbocycles. The van der Waals surface area contributed by atoms with E-state index >= 15 is 0 Å². The van der Waals surface area contributed by atoms with Crippen LogP contribution in [0.1, 0.15) is 24.0 Å². The van der Waals surface area contributed by atoms with Crippen LogP contribution in [-0.4, -0.2) is 36.0 Å². The Hall–Kier alpha value is -2.87. The Labute approximate surface area is 178 Å². The Morgan fingerprint density at radius 2 is 1.60 bits per heavy atom. The first-order valence-corrected chi connectivity index (χ1v) is 9.86. The second-order valence-electron chi connectivity index (χ2n) is 7.03. The Bertz CT molecular complexity index is 866. The topological polar surface area (TPSA) is 70.7 Å². The van der Waals surface area contributed by atoms with E-state index in [0.29, 0.717) is 10.7 Å². The van der Waals surface area contributed by atoms with Crippen LogP contribution in [0, 0.1) is 0 Å². The highest BCUT2D eigenvalue weighted by atomic mass is 35.5. The number of carbonyl (C=O) groups excluding carboxylic acids is 2. The Morgan fingerprint density at radius 1 is 1.00 bits per heavy atom. The molecule has 3 rings (SSSR count). The summed E-state index contributed by atoms with van der Waals surface area (Å²) in [5.41, 5.74) is 2.17. The third-order valence-corrected chi connectivity index (χ3v) is 4.96. The van der Waals surface area contributed by atoms with Gasteiger partial charge in [0.05, 0.1) is 0 Å². The predicted octanol–water partition coefficient (Wildman–Crippen LogP) is 5.03. The van der Waals surface area contributed by atoms with Crippen LogP contribution in [-0.2, 0) is 17.9 Å². The predicted molar refractivity (Wildman–Crippen MR) is 110 cm³/mol. The Kier molecular flexibility index (Phi) is 7.10. The molecular weight excluding hydrogens is 416 g/mol. The number of carbonyl (C=O) groups is 2. The molecule has 1 fully saturated rings. The quantitative estimate of drug-likeness (QED) is 0.689. The van der Waals surface area contributed by atoms with Crippen LogP contribution < -0.4 is 10.6 Å². The van der Waals surface area contributed by atoms with Crippen molar-refractivity contribution in [3.05, 3.63) is 64.7 Å². The zero-order valence-electron chi connectivity index (χ0n) is 16.2. The maximum absolute atomic E-state index is 13.2. The maximum Gasteiger partial charge on any atom is 0.411 e. The first-order chi connectivity index (χ1) is 14.3. The number of nitrogens with zero attached hydrogens (tertiary/aromatic N) is 1. The number of benzene rings is 2. The molecule has 2 N–H and O–H groups in total. The van der Waals surface area contributed by atoms with E-state index in [9.17, 15) is 18.4 Å². The zero-order valence-corrected chi connectivity index (χ0v) is 16.9. The molecule has 2 aromatic rings. The molecule has 160 valence electrons. The number of hydrogen-bond donors (Lipinski definition) is 2. The van der Waals surface area contributed by atoms with Crippen molar-refractivity contribution in [1.82, 2.24) is 10.2 Å². The highest BCUT2D eigenvalue weighted by Crippen LogP contribution is 2.27. The highest BCUT2D eigenvalue weighted by molar-refractivity contribution is 6.30. The van der Waals surface area contributed by atoms with Crippen molar-refractivity contribution in [3.63, 3.8) is 0 Å². The van der Waals surface area contributed by atoms with Gasteiger partial charge in [0, 0.05) is 43.2 Å². The van der Waals surface area contributed by atoms with Gasteiger partial charge in [0.25, 0.3) is 5.92 Å². The van der Waals surface area contributed by atoms with Crippen LogP contribution >= 0.6 is 11.6 Å². The molecule has 1 aliphatic rings. The summed E-state index contributed by atoms with van der Waals surface area (Å²) in [6.07, 6.45) is -1.21. The van der Waals surface area contributed by atoms with Gasteiger partial charge in [-0.15, -0.1) is 0 Å². The van der Waals surface area contributed by atoms with E-state index in [1.165, 1.54) is 4.90 Å². The Morgan fingerprint density at radius 3 is 2.23 bits per heavy atom. The second kappa shape index (κ2) is 9.75. The van der Waals surface area contributed by atoms with Gasteiger partial charge in [-0.3, -0.25) is 5.32 Å². The molecule has 2 aromatic carbocycles. The van der Waals surface area contributed by atoms with E-state index in [2.05, 4.69) is 10.6 Å². The minimum absolute atomic E-state index is 0.0415. The zero-order chi connectivity index (χ0) is 21.6. The molecule has 0 unspecified atom stereocenters. The molecule has 0 saturated carbocycles. The summed E-state index contributed by atoms with van der Waals surface area (Å²) in [4.78, 5) is 25.4. The minimum Gasteiger partial charge on any atom is -0.444 e. The molecule has 1 saturated heterocycles. The Balaban J connectivity index is 1.40. The normalized spacial score (nSPS) is 15.4. The van der Waals surface area contributed by atoms with Crippen molar-refractivity contribution < 1.29 is 23.1 Å².